The lowest BCUT2D eigenvalue weighted by Crippen LogP contribution is -2.23. The Balaban J connectivity index is 1.81. The maximum Gasteiger partial charge on any atom is 0.274 e. The summed E-state index contributed by atoms with van der Waals surface area (Å²) < 4.78 is 1.41. The van der Waals surface area contributed by atoms with E-state index in [1.807, 2.05) is 17.5 Å². The van der Waals surface area contributed by atoms with Gasteiger partial charge in [-0.2, -0.15) is 0 Å². The van der Waals surface area contributed by atoms with E-state index in [1.165, 1.54) is 16.8 Å². The van der Waals surface area contributed by atoms with E-state index in [4.69, 9.17) is 0 Å². The normalized spacial score (nSPS) is 10.5. The highest BCUT2D eigenvalue weighted by atomic mass is 32.1. The predicted molar refractivity (Wildman–Crippen MR) is 88.2 cm³/mol. The van der Waals surface area contributed by atoms with E-state index in [0.29, 0.717) is 17.9 Å². The number of carbonyl (C=O) groups is 1. The molecule has 1 amide bonds. The summed E-state index contributed by atoms with van der Waals surface area (Å²) in [5, 5.41) is 23.4. The fourth-order valence-electron chi connectivity index (χ4n) is 2.19. The number of carbonyl (C=O) groups excluding carboxylic acids is 1. The zero-order valence-electron chi connectivity index (χ0n) is 12.7. The Morgan fingerprint density at radius 1 is 1.38 bits per heavy atom. The Labute approximate surface area is 140 Å². The number of nitro groups is 1. The van der Waals surface area contributed by atoms with E-state index in [-0.39, 0.29) is 17.3 Å². The van der Waals surface area contributed by atoms with Crippen molar-refractivity contribution in [2.75, 3.05) is 0 Å². The fraction of sp³-hybridized carbons (Fsp3) is 0.133. The molecule has 122 valence electrons. The molecule has 0 saturated carbocycles. The largest absolute Gasteiger partial charge is 0.346 e. The number of hydrogen-bond donors (Lipinski definition) is 1. The van der Waals surface area contributed by atoms with Gasteiger partial charge in [-0.25, -0.2) is 4.68 Å². The molecule has 0 saturated heterocycles. The van der Waals surface area contributed by atoms with E-state index in [9.17, 15) is 14.9 Å². The number of rotatable bonds is 5. The van der Waals surface area contributed by atoms with Crippen molar-refractivity contribution in [1.29, 1.82) is 0 Å². The van der Waals surface area contributed by atoms with Gasteiger partial charge in [0.05, 0.1) is 22.8 Å². The zero-order chi connectivity index (χ0) is 17.1. The lowest BCUT2D eigenvalue weighted by Gasteiger charge is -2.04. The van der Waals surface area contributed by atoms with Crippen LogP contribution >= 0.6 is 11.3 Å². The van der Waals surface area contributed by atoms with Gasteiger partial charge < -0.3 is 5.32 Å². The van der Waals surface area contributed by atoms with Crippen molar-refractivity contribution < 1.29 is 9.72 Å². The molecule has 0 unspecified atom stereocenters. The van der Waals surface area contributed by atoms with Crippen LogP contribution in [0, 0.1) is 17.0 Å². The first kappa shape index (κ1) is 15.8. The van der Waals surface area contributed by atoms with Gasteiger partial charge in [-0.15, -0.1) is 16.4 Å². The first-order valence-electron chi connectivity index (χ1n) is 7.04. The second-order valence-corrected chi connectivity index (χ2v) is 6.01. The highest BCUT2D eigenvalue weighted by molar-refractivity contribution is 7.09. The molecule has 1 aromatic carbocycles. The van der Waals surface area contributed by atoms with Crippen LogP contribution in [0.1, 0.15) is 21.1 Å². The molecule has 0 fully saturated rings. The molecular weight excluding hydrogens is 330 g/mol. The topological polar surface area (TPSA) is 103 Å². The number of thiophene rings is 1. The van der Waals surface area contributed by atoms with Gasteiger partial charge in [-0.1, -0.05) is 17.3 Å². The summed E-state index contributed by atoms with van der Waals surface area (Å²) in [5.41, 5.74) is 1.13. The molecule has 24 heavy (non-hydrogen) atoms. The van der Waals surface area contributed by atoms with Crippen molar-refractivity contribution >= 4 is 22.9 Å². The molecule has 2 aromatic heterocycles. The number of benzene rings is 1. The van der Waals surface area contributed by atoms with E-state index >= 15 is 0 Å². The smallest absolute Gasteiger partial charge is 0.274 e. The minimum absolute atomic E-state index is 0.0499. The second-order valence-electron chi connectivity index (χ2n) is 4.97. The summed E-state index contributed by atoms with van der Waals surface area (Å²) in [7, 11) is 0. The Morgan fingerprint density at radius 3 is 2.92 bits per heavy atom. The molecule has 2 heterocycles. The standard InChI is InChI=1S/C15H13N5O3S/c1-10-14(15(21)16-9-13-6-3-7-24-13)17-18-19(10)11-4-2-5-12(8-11)20(22)23/h2-8H,9H2,1H3,(H,16,21). The Morgan fingerprint density at radius 2 is 2.21 bits per heavy atom. The molecule has 0 spiro atoms. The van der Waals surface area contributed by atoms with Gasteiger partial charge >= 0.3 is 0 Å². The van der Waals surface area contributed by atoms with E-state index in [0.717, 1.165) is 4.88 Å². The minimum Gasteiger partial charge on any atom is -0.346 e. The number of non-ortho nitro benzene ring substituents is 1. The Bertz CT molecular complexity index is 888. The molecule has 0 bridgehead atoms. The third-order valence-electron chi connectivity index (χ3n) is 3.40. The van der Waals surface area contributed by atoms with Crippen LogP contribution in [0.3, 0.4) is 0 Å². The van der Waals surface area contributed by atoms with Crippen molar-refractivity contribution in [2.24, 2.45) is 0 Å². The number of hydrogen-bond acceptors (Lipinski definition) is 6. The van der Waals surface area contributed by atoms with Crippen molar-refractivity contribution in [3.8, 4) is 5.69 Å². The summed E-state index contributed by atoms with van der Waals surface area (Å²) in [5.74, 6) is -0.336. The average molecular weight is 343 g/mol. The van der Waals surface area contributed by atoms with Crippen molar-refractivity contribution in [3.63, 3.8) is 0 Å². The van der Waals surface area contributed by atoms with Crippen LogP contribution in [0.2, 0.25) is 0 Å². The van der Waals surface area contributed by atoms with Crippen molar-refractivity contribution in [2.45, 2.75) is 13.5 Å². The lowest BCUT2D eigenvalue weighted by molar-refractivity contribution is -0.384. The quantitative estimate of drug-likeness (QED) is 0.566. The summed E-state index contributed by atoms with van der Waals surface area (Å²) in [6.07, 6.45) is 0. The zero-order valence-corrected chi connectivity index (χ0v) is 13.5. The number of amides is 1. The molecule has 0 aliphatic carbocycles. The van der Waals surface area contributed by atoms with E-state index in [2.05, 4.69) is 15.6 Å². The van der Waals surface area contributed by atoms with Gasteiger partial charge in [0.15, 0.2) is 5.69 Å². The molecule has 1 N–H and O–H groups in total. The van der Waals surface area contributed by atoms with Crippen LogP contribution < -0.4 is 5.32 Å². The van der Waals surface area contributed by atoms with E-state index in [1.54, 1.807) is 30.4 Å². The van der Waals surface area contributed by atoms with Gasteiger partial charge in [0.1, 0.15) is 0 Å². The Hall–Kier alpha value is -3.07. The number of nitrogens with zero attached hydrogens (tertiary/aromatic N) is 4. The van der Waals surface area contributed by atoms with Crippen LogP contribution in [0.4, 0.5) is 5.69 Å². The number of nitrogens with one attached hydrogen (secondary N) is 1. The van der Waals surface area contributed by atoms with Crippen molar-refractivity contribution in [3.05, 3.63) is 68.2 Å². The SMILES string of the molecule is Cc1c(C(=O)NCc2cccs2)nnn1-c1cccc([N+](=O)[O-])c1. The molecular formula is C15H13N5O3S. The van der Waals surface area contributed by atoms with Gasteiger partial charge in [0.2, 0.25) is 0 Å². The van der Waals surface area contributed by atoms with Crippen LogP contribution in [-0.2, 0) is 6.54 Å². The first-order valence-corrected chi connectivity index (χ1v) is 7.92. The van der Waals surface area contributed by atoms with Crippen LogP contribution in [0.5, 0.6) is 0 Å². The molecule has 8 nitrogen and oxygen atoms in total. The minimum atomic E-state index is -0.482. The molecule has 9 heteroatoms. The summed E-state index contributed by atoms with van der Waals surface area (Å²) >= 11 is 1.55. The Kier molecular flexibility index (Phi) is 4.34. The maximum absolute atomic E-state index is 12.2. The third-order valence-corrected chi connectivity index (χ3v) is 4.27. The second kappa shape index (κ2) is 6.59. The van der Waals surface area contributed by atoms with Crippen molar-refractivity contribution in [1.82, 2.24) is 20.3 Å². The predicted octanol–water partition coefficient (Wildman–Crippen LogP) is 2.48. The fourth-order valence-corrected chi connectivity index (χ4v) is 2.83. The average Bonchev–Trinajstić information content (AvgIpc) is 3.22. The summed E-state index contributed by atoms with van der Waals surface area (Å²) in [6, 6.07) is 9.85. The monoisotopic (exact) mass is 343 g/mol. The summed E-state index contributed by atoms with van der Waals surface area (Å²) in [6.45, 7) is 2.11. The molecule has 0 aliphatic heterocycles. The summed E-state index contributed by atoms with van der Waals surface area (Å²) in [4.78, 5) is 23.7. The highest BCUT2D eigenvalue weighted by Crippen LogP contribution is 2.18. The van der Waals surface area contributed by atoms with Gasteiger partial charge in [-0.3, -0.25) is 14.9 Å². The highest BCUT2D eigenvalue weighted by Gasteiger charge is 2.18. The van der Waals surface area contributed by atoms with Crippen LogP contribution in [0.25, 0.3) is 5.69 Å². The van der Waals surface area contributed by atoms with Gasteiger partial charge in [0, 0.05) is 17.0 Å². The molecule has 0 radical (unpaired) electrons. The molecule has 0 atom stereocenters. The van der Waals surface area contributed by atoms with Crippen LogP contribution in [-0.4, -0.2) is 25.8 Å². The number of nitro benzene ring substituents is 1. The van der Waals surface area contributed by atoms with Crippen LogP contribution in [0.15, 0.2) is 41.8 Å². The molecule has 0 aliphatic rings. The lowest BCUT2D eigenvalue weighted by atomic mass is 10.2. The maximum atomic E-state index is 12.2. The first-order chi connectivity index (χ1) is 11.6. The van der Waals surface area contributed by atoms with Gasteiger partial charge in [-0.05, 0) is 24.4 Å². The molecule has 3 rings (SSSR count). The molecule has 3 aromatic rings. The third kappa shape index (κ3) is 3.15. The van der Waals surface area contributed by atoms with E-state index < -0.39 is 4.92 Å². The number of aromatic nitrogens is 3. The van der Waals surface area contributed by atoms with Gasteiger partial charge in [0.25, 0.3) is 11.6 Å².